The van der Waals surface area contributed by atoms with Crippen LogP contribution in [0.3, 0.4) is 0 Å². The highest BCUT2D eigenvalue weighted by Gasteiger charge is 2.12. The van der Waals surface area contributed by atoms with E-state index >= 15 is 0 Å². The van der Waals surface area contributed by atoms with Gasteiger partial charge in [-0.25, -0.2) is 0 Å². The zero-order valence-electron chi connectivity index (χ0n) is 12.2. The van der Waals surface area contributed by atoms with Gasteiger partial charge >= 0.3 is 0 Å². The highest BCUT2D eigenvalue weighted by Crippen LogP contribution is 2.16. The molecule has 1 aromatic heterocycles. The van der Waals surface area contributed by atoms with E-state index in [-0.39, 0.29) is 5.54 Å². The van der Waals surface area contributed by atoms with E-state index in [1.165, 1.54) is 5.56 Å². The van der Waals surface area contributed by atoms with Crippen molar-refractivity contribution < 1.29 is 9.15 Å². The zero-order chi connectivity index (χ0) is 13.6. The summed E-state index contributed by atoms with van der Waals surface area (Å²) >= 11 is 0. The summed E-state index contributed by atoms with van der Waals surface area (Å²) in [5.41, 5.74) is 1.32. The van der Waals surface area contributed by atoms with Crippen molar-refractivity contribution in [1.29, 1.82) is 0 Å². The second-order valence-corrected chi connectivity index (χ2v) is 5.48. The molecule has 102 valence electrons. The van der Waals surface area contributed by atoms with Crippen LogP contribution in [0, 0.1) is 6.92 Å². The maximum Gasteiger partial charge on any atom is 0.130 e. The van der Waals surface area contributed by atoms with E-state index in [0.717, 1.165) is 18.1 Å². The molecule has 0 saturated heterocycles. The summed E-state index contributed by atoms with van der Waals surface area (Å²) in [6.07, 6.45) is 3.96. The van der Waals surface area contributed by atoms with Gasteiger partial charge in [0.2, 0.25) is 0 Å². The molecule has 0 amide bonds. The second-order valence-electron chi connectivity index (χ2n) is 5.48. The molecule has 0 saturated carbocycles. The molecule has 0 aliphatic carbocycles. The third-order valence-corrected chi connectivity index (χ3v) is 2.57. The van der Waals surface area contributed by atoms with Crippen LogP contribution in [0.15, 0.2) is 22.6 Å². The van der Waals surface area contributed by atoms with Gasteiger partial charge in [0.15, 0.2) is 0 Å². The molecule has 18 heavy (non-hydrogen) atoms. The Kier molecular flexibility index (Phi) is 5.63. The first-order chi connectivity index (χ1) is 8.42. The van der Waals surface area contributed by atoms with E-state index in [1.807, 2.05) is 26.0 Å². The van der Waals surface area contributed by atoms with Gasteiger partial charge in [-0.15, -0.1) is 0 Å². The SMILES string of the molecule is CC=CCOCc1cc(CNC(C)(C)C)c(C)o1. The predicted molar refractivity (Wildman–Crippen MR) is 74.5 cm³/mol. The lowest BCUT2D eigenvalue weighted by Gasteiger charge is -2.20. The Morgan fingerprint density at radius 3 is 2.72 bits per heavy atom. The monoisotopic (exact) mass is 251 g/mol. The molecule has 0 fully saturated rings. The largest absolute Gasteiger partial charge is 0.464 e. The first kappa shape index (κ1) is 15.0. The first-order valence-electron chi connectivity index (χ1n) is 6.44. The molecule has 0 aliphatic heterocycles. The summed E-state index contributed by atoms with van der Waals surface area (Å²) in [5, 5.41) is 3.46. The van der Waals surface area contributed by atoms with Crippen molar-refractivity contribution >= 4 is 0 Å². The highest BCUT2D eigenvalue weighted by molar-refractivity contribution is 5.20. The molecule has 1 aromatic rings. The van der Waals surface area contributed by atoms with Crippen LogP contribution in [-0.4, -0.2) is 12.1 Å². The van der Waals surface area contributed by atoms with Gasteiger partial charge in [-0.05, 0) is 40.7 Å². The molecule has 1 heterocycles. The number of aryl methyl sites for hydroxylation is 1. The van der Waals surface area contributed by atoms with E-state index in [4.69, 9.17) is 9.15 Å². The van der Waals surface area contributed by atoms with Crippen LogP contribution >= 0.6 is 0 Å². The standard InChI is InChI=1S/C15H25NO2/c1-6-7-8-17-11-14-9-13(12(2)18-14)10-16-15(3,4)5/h6-7,9,16H,8,10-11H2,1-5H3. The fourth-order valence-corrected chi connectivity index (χ4v) is 1.52. The number of furan rings is 1. The Labute approximate surface area is 110 Å². The fourth-order valence-electron chi connectivity index (χ4n) is 1.52. The molecule has 1 rings (SSSR count). The maximum atomic E-state index is 5.67. The molecule has 3 nitrogen and oxygen atoms in total. The Bertz CT molecular complexity index is 386. The Morgan fingerprint density at radius 2 is 2.11 bits per heavy atom. The molecule has 0 spiro atoms. The van der Waals surface area contributed by atoms with Crippen LogP contribution in [0.4, 0.5) is 0 Å². The molecule has 0 aromatic carbocycles. The average molecular weight is 251 g/mol. The summed E-state index contributed by atoms with van der Waals surface area (Å²) in [6, 6.07) is 2.07. The molecule has 0 bridgehead atoms. The lowest BCUT2D eigenvalue weighted by Crippen LogP contribution is -2.35. The minimum atomic E-state index is 0.117. The molecule has 0 unspecified atom stereocenters. The van der Waals surface area contributed by atoms with Gasteiger partial charge in [0.25, 0.3) is 0 Å². The van der Waals surface area contributed by atoms with Crippen molar-refractivity contribution in [3.63, 3.8) is 0 Å². The third kappa shape index (κ3) is 5.52. The number of nitrogens with one attached hydrogen (secondary N) is 1. The van der Waals surface area contributed by atoms with E-state index in [0.29, 0.717) is 13.2 Å². The number of rotatable bonds is 6. The van der Waals surface area contributed by atoms with Crippen LogP contribution in [-0.2, 0) is 17.9 Å². The van der Waals surface area contributed by atoms with Gasteiger partial charge in [-0.2, -0.15) is 0 Å². The molecule has 3 heteroatoms. The number of ether oxygens (including phenoxy) is 1. The third-order valence-electron chi connectivity index (χ3n) is 2.57. The van der Waals surface area contributed by atoms with Crippen molar-refractivity contribution in [2.45, 2.75) is 53.3 Å². The highest BCUT2D eigenvalue weighted by atomic mass is 16.5. The fraction of sp³-hybridized carbons (Fsp3) is 0.600. The quantitative estimate of drug-likeness (QED) is 0.620. The number of allylic oxidation sites excluding steroid dienone is 1. The van der Waals surface area contributed by atoms with Crippen LogP contribution in [0.25, 0.3) is 0 Å². The maximum absolute atomic E-state index is 5.67. The van der Waals surface area contributed by atoms with E-state index in [2.05, 4.69) is 32.2 Å². The molecule has 0 atom stereocenters. The Morgan fingerprint density at radius 1 is 1.39 bits per heavy atom. The minimum absolute atomic E-state index is 0.117. The summed E-state index contributed by atoms with van der Waals surface area (Å²) in [5.74, 6) is 1.86. The van der Waals surface area contributed by atoms with Crippen molar-refractivity contribution in [3.8, 4) is 0 Å². The normalized spacial score (nSPS) is 12.5. The van der Waals surface area contributed by atoms with Gasteiger partial charge in [-0.1, -0.05) is 12.2 Å². The molecule has 1 N–H and O–H groups in total. The number of hydrogen-bond acceptors (Lipinski definition) is 3. The first-order valence-corrected chi connectivity index (χ1v) is 6.44. The Balaban J connectivity index is 2.48. The van der Waals surface area contributed by atoms with Gasteiger partial charge in [0.1, 0.15) is 18.1 Å². The van der Waals surface area contributed by atoms with Crippen molar-refractivity contribution in [3.05, 3.63) is 35.3 Å². The van der Waals surface area contributed by atoms with Crippen LogP contribution < -0.4 is 5.32 Å². The van der Waals surface area contributed by atoms with Gasteiger partial charge in [-0.3, -0.25) is 0 Å². The van der Waals surface area contributed by atoms with Gasteiger partial charge in [0, 0.05) is 17.6 Å². The predicted octanol–water partition coefficient (Wildman–Crippen LogP) is 3.57. The van der Waals surface area contributed by atoms with Crippen LogP contribution in [0.2, 0.25) is 0 Å². The van der Waals surface area contributed by atoms with Crippen molar-refractivity contribution in [2.75, 3.05) is 6.61 Å². The van der Waals surface area contributed by atoms with Crippen molar-refractivity contribution in [1.82, 2.24) is 5.32 Å². The number of hydrogen-bond donors (Lipinski definition) is 1. The zero-order valence-corrected chi connectivity index (χ0v) is 12.2. The van der Waals surface area contributed by atoms with E-state index < -0.39 is 0 Å². The summed E-state index contributed by atoms with van der Waals surface area (Å²) < 4.78 is 11.1. The summed E-state index contributed by atoms with van der Waals surface area (Å²) in [6.45, 7) is 12.4. The Hall–Kier alpha value is -1.06. The summed E-state index contributed by atoms with van der Waals surface area (Å²) in [4.78, 5) is 0. The second kappa shape index (κ2) is 6.76. The molecule has 0 aliphatic rings. The smallest absolute Gasteiger partial charge is 0.130 e. The molecular weight excluding hydrogens is 226 g/mol. The lowest BCUT2D eigenvalue weighted by atomic mass is 10.1. The average Bonchev–Trinajstić information content (AvgIpc) is 2.62. The van der Waals surface area contributed by atoms with Gasteiger partial charge < -0.3 is 14.5 Å². The molecular formula is C15H25NO2. The van der Waals surface area contributed by atoms with E-state index in [1.54, 1.807) is 0 Å². The summed E-state index contributed by atoms with van der Waals surface area (Å²) in [7, 11) is 0. The van der Waals surface area contributed by atoms with Crippen LogP contribution in [0.1, 0.15) is 44.8 Å². The topological polar surface area (TPSA) is 34.4 Å². The van der Waals surface area contributed by atoms with Crippen molar-refractivity contribution in [2.24, 2.45) is 0 Å². The van der Waals surface area contributed by atoms with E-state index in [9.17, 15) is 0 Å². The minimum Gasteiger partial charge on any atom is -0.464 e. The van der Waals surface area contributed by atoms with Gasteiger partial charge in [0.05, 0.1) is 6.61 Å². The molecule has 0 radical (unpaired) electrons. The lowest BCUT2D eigenvalue weighted by molar-refractivity contribution is 0.130. The van der Waals surface area contributed by atoms with Crippen LogP contribution in [0.5, 0.6) is 0 Å².